The van der Waals surface area contributed by atoms with E-state index in [0.717, 1.165) is 22.8 Å². The number of unbranched alkanes of at least 4 members (excludes halogenated alkanes) is 1. The Labute approximate surface area is 202 Å². The van der Waals surface area contributed by atoms with Crippen molar-refractivity contribution in [2.24, 2.45) is 0 Å². The largest absolute Gasteiger partial charge is 0.484 e. The number of amides is 1. The highest BCUT2D eigenvalue weighted by Gasteiger charge is 2.24. The maximum absolute atomic E-state index is 13.3. The minimum Gasteiger partial charge on any atom is -0.484 e. The Bertz CT molecular complexity index is 1440. The number of carbonyl (C=O) groups is 1. The first kappa shape index (κ1) is 23.8. The highest BCUT2D eigenvalue weighted by Crippen LogP contribution is 2.22. The number of nitrogens with one attached hydrogen (secondary N) is 1. The first-order chi connectivity index (χ1) is 17.0. The highest BCUT2D eigenvalue weighted by atomic mass is 16.5. The zero-order valence-electron chi connectivity index (χ0n) is 19.6. The zero-order valence-corrected chi connectivity index (χ0v) is 19.6. The second kappa shape index (κ2) is 10.7. The number of hydrogen-bond acceptors (Lipinski definition) is 5. The van der Waals surface area contributed by atoms with Gasteiger partial charge in [-0.1, -0.05) is 74.0 Å². The molecule has 8 heteroatoms. The Morgan fingerprint density at radius 1 is 1.00 bits per heavy atom. The molecule has 0 aliphatic heterocycles. The van der Waals surface area contributed by atoms with E-state index in [4.69, 9.17) is 10.5 Å². The van der Waals surface area contributed by atoms with E-state index in [1.165, 1.54) is 9.47 Å². The third-order valence-electron chi connectivity index (χ3n) is 5.79. The molecule has 0 unspecified atom stereocenters. The third-order valence-corrected chi connectivity index (χ3v) is 5.79. The monoisotopic (exact) mass is 472 g/mol. The van der Waals surface area contributed by atoms with E-state index in [9.17, 15) is 14.4 Å². The van der Waals surface area contributed by atoms with Crippen molar-refractivity contribution in [3.05, 3.63) is 99.2 Å². The van der Waals surface area contributed by atoms with Crippen molar-refractivity contribution in [3.63, 3.8) is 0 Å². The fraction of sp³-hybridized carbons (Fsp3) is 0.222. The van der Waals surface area contributed by atoms with Gasteiger partial charge in [-0.15, -0.1) is 0 Å². The van der Waals surface area contributed by atoms with Crippen LogP contribution in [0.15, 0.2) is 82.4 Å². The molecule has 0 saturated carbocycles. The molecule has 0 atom stereocenters. The van der Waals surface area contributed by atoms with Gasteiger partial charge in [0.25, 0.3) is 11.5 Å². The van der Waals surface area contributed by atoms with Gasteiger partial charge in [0.1, 0.15) is 11.6 Å². The molecule has 0 bridgehead atoms. The van der Waals surface area contributed by atoms with E-state index >= 15 is 0 Å². The summed E-state index contributed by atoms with van der Waals surface area (Å²) in [7, 11) is 0. The maximum atomic E-state index is 13.3. The molecule has 1 heterocycles. The SMILES string of the molecule is CCCCN(C(=O)COc1ccc2ccccc2c1)c1c(N)n(Cc2ccccc2)c(=O)[nH]c1=O. The molecule has 0 radical (unpaired) electrons. The minimum atomic E-state index is -0.702. The molecule has 8 nitrogen and oxygen atoms in total. The average molecular weight is 473 g/mol. The van der Waals surface area contributed by atoms with E-state index in [0.29, 0.717) is 12.2 Å². The summed E-state index contributed by atoms with van der Waals surface area (Å²) >= 11 is 0. The second-order valence-corrected chi connectivity index (χ2v) is 8.26. The van der Waals surface area contributed by atoms with E-state index in [1.54, 1.807) is 6.07 Å². The van der Waals surface area contributed by atoms with Gasteiger partial charge in [0.2, 0.25) is 0 Å². The van der Waals surface area contributed by atoms with Crippen molar-refractivity contribution in [2.75, 3.05) is 23.8 Å². The molecule has 3 aromatic carbocycles. The van der Waals surface area contributed by atoms with Crippen molar-refractivity contribution >= 4 is 28.2 Å². The lowest BCUT2D eigenvalue weighted by molar-refractivity contribution is -0.120. The molecule has 4 rings (SSSR count). The summed E-state index contributed by atoms with van der Waals surface area (Å²) in [5.41, 5.74) is 5.79. The Balaban J connectivity index is 1.62. The summed E-state index contributed by atoms with van der Waals surface area (Å²) in [5, 5.41) is 2.06. The van der Waals surface area contributed by atoms with Crippen LogP contribution in [-0.2, 0) is 11.3 Å². The van der Waals surface area contributed by atoms with E-state index < -0.39 is 17.2 Å². The number of H-pyrrole nitrogens is 1. The number of aromatic nitrogens is 2. The first-order valence-corrected chi connectivity index (χ1v) is 11.6. The zero-order chi connectivity index (χ0) is 24.8. The number of carbonyl (C=O) groups excluding carboxylic acids is 1. The van der Waals surface area contributed by atoms with E-state index in [1.807, 2.05) is 73.7 Å². The van der Waals surface area contributed by atoms with Crippen LogP contribution in [0.4, 0.5) is 11.5 Å². The Hall–Kier alpha value is -4.33. The number of hydrogen-bond donors (Lipinski definition) is 2. The van der Waals surface area contributed by atoms with Crippen molar-refractivity contribution in [2.45, 2.75) is 26.3 Å². The van der Waals surface area contributed by atoms with Crippen LogP contribution in [0.2, 0.25) is 0 Å². The number of anilines is 2. The van der Waals surface area contributed by atoms with Crippen LogP contribution in [0.3, 0.4) is 0 Å². The van der Waals surface area contributed by atoms with Crippen LogP contribution in [0.1, 0.15) is 25.3 Å². The summed E-state index contributed by atoms with van der Waals surface area (Å²) in [6, 6.07) is 22.7. The van der Waals surface area contributed by atoms with Crippen molar-refractivity contribution in [3.8, 4) is 5.75 Å². The van der Waals surface area contributed by atoms with Gasteiger partial charge >= 0.3 is 5.69 Å². The molecule has 0 spiro atoms. The average Bonchev–Trinajstić information content (AvgIpc) is 2.87. The fourth-order valence-electron chi connectivity index (χ4n) is 3.92. The molecule has 35 heavy (non-hydrogen) atoms. The predicted molar refractivity (Wildman–Crippen MR) is 138 cm³/mol. The number of nitrogens with two attached hydrogens (primary N) is 1. The van der Waals surface area contributed by atoms with Crippen LogP contribution in [0.25, 0.3) is 10.8 Å². The lowest BCUT2D eigenvalue weighted by Crippen LogP contribution is -2.43. The highest BCUT2D eigenvalue weighted by molar-refractivity contribution is 5.96. The van der Waals surface area contributed by atoms with Gasteiger partial charge < -0.3 is 15.4 Å². The lowest BCUT2D eigenvalue weighted by Gasteiger charge is -2.24. The molecule has 0 aliphatic carbocycles. The second-order valence-electron chi connectivity index (χ2n) is 8.26. The van der Waals surface area contributed by atoms with Gasteiger partial charge in [-0.2, -0.15) is 0 Å². The van der Waals surface area contributed by atoms with Gasteiger partial charge in [0.05, 0.1) is 6.54 Å². The van der Waals surface area contributed by atoms with Crippen molar-refractivity contribution in [1.29, 1.82) is 0 Å². The van der Waals surface area contributed by atoms with Gasteiger partial charge in [0, 0.05) is 6.54 Å². The van der Waals surface area contributed by atoms with Crippen molar-refractivity contribution in [1.82, 2.24) is 9.55 Å². The molecule has 1 amide bonds. The molecule has 1 aromatic heterocycles. The molecule has 0 saturated heterocycles. The number of rotatable bonds is 9. The van der Waals surface area contributed by atoms with Crippen molar-refractivity contribution < 1.29 is 9.53 Å². The van der Waals surface area contributed by atoms with Crippen LogP contribution >= 0.6 is 0 Å². The van der Waals surface area contributed by atoms with Gasteiger partial charge in [0.15, 0.2) is 12.3 Å². The topological polar surface area (TPSA) is 110 Å². The molecular formula is C27H28N4O4. The minimum absolute atomic E-state index is 0.0407. The molecule has 4 aromatic rings. The summed E-state index contributed by atoms with van der Waals surface area (Å²) in [6.45, 7) is 2.14. The first-order valence-electron chi connectivity index (χ1n) is 11.6. The Kier molecular flexibility index (Phi) is 7.30. The number of ether oxygens (including phenoxy) is 1. The maximum Gasteiger partial charge on any atom is 0.330 e. The summed E-state index contributed by atoms with van der Waals surface area (Å²) in [5.74, 6) is 0.0647. The predicted octanol–water partition coefficient (Wildman–Crippen LogP) is 3.53. The molecule has 0 aliphatic rings. The third kappa shape index (κ3) is 5.43. The number of nitrogens with zero attached hydrogens (tertiary/aromatic N) is 2. The van der Waals surface area contributed by atoms with Gasteiger partial charge in [-0.05, 0) is 34.9 Å². The Morgan fingerprint density at radius 3 is 2.46 bits per heavy atom. The fourth-order valence-corrected chi connectivity index (χ4v) is 3.92. The van der Waals surface area contributed by atoms with E-state index in [2.05, 4.69) is 4.98 Å². The van der Waals surface area contributed by atoms with Crippen LogP contribution in [-0.4, -0.2) is 28.6 Å². The number of benzene rings is 3. The van der Waals surface area contributed by atoms with E-state index in [-0.39, 0.29) is 31.2 Å². The number of aromatic amines is 1. The number of nitrogen functional groups attached to an aromatic ring is 1. The van der Waals surface area contributed by atoms with Crippen LogP contribution < -0.4 is 26.6 Å². The van der Waals surface area contributed by atoms with Gasteiger partial charge in [-0.25, -0.2) is 4.79 Å². The van der Waals surface area contributed by atoms with Gasteiger partial charge in [-0.3, -0.25) is 19.1 Å². The smallest absolute Gasteiger partial charge is 0.330 e. The standard InChI is InChI=1S/C27H28N4O4/c1-2-3-15-30(23(32)18-35-22-14-13-20-11-7-8-12-21(20)16-22)24-25(28)31(27(34)29-26(24)33)17-19-9-5-4-6-10-19/h4-14,16H,2-3,15,17-18,28H2,1H3,(H,29,33,34). The normalized spacial score (nSPS) is 10.9. The quantitative estimate of drug-likeness (QED) is 0.387. The molecule has 3 N–H and O–H groups in total. The number of fused-ring (bicyclic) bond motifs is 1. The summed E-state index contributed by atoms with van der Waals surface area (Å²) in [4.78, 5) is 42.2. The van der Waals surface area contributed by atoms with Crippen LogP contribution in [0, 0.1) is 0 Å². The summed E-state index contributed by atoms with van der Waals surface area (Å²) in [6.07, 6.45) is 1.45. The lowest BCUT2D eigenvalue weighted by atomic mass is 10.1. The molecule has 0 fully saturated rings. The molecular weight excluding hydrogens is 444 g/mol. The van der Waals surface area contributed by atoms with Crippen LogP contribution in [0.5, 0.6) is 5.75 Å². The summed E-state index contributed by atoms with van der Waals surface area (Å²) < 4.78 is 7.04. The Morgan fingerprint density at radius 2 is 1.71 bits per heavy atom. The molecule has 180 valence electrons.